The molecule has 78 valence electrons. The number of hydrogen-bond donors (Lipinski definition) is 1. The Hall–Kier alpha value is -1.64. The smallest absolute Gasteiger partial charge is 0.224 e. The maximum atomic E-state index is 11.2. The van der Waals surface area contributed by atoms with Crippen LogP contribution in [-0.2, 0) is 22.4 Å². The molecule has 0 atom stereocenters. The van der Waals surface area contributed by atoms with Gasteiger partial charge >= 0.3 is 0 Å². The minimum absolute atomic E-state index is 0.0787. The summed E-state index contributed by atoms with van der Waals surface area (Å²) in [6.45, 7) is 0. The van der Waals surface area contributed by atoms with Crippen LogP contribution < -0.4 is 5.32 Å². The van der Waals surface area contributed by atoms with E-state index in [0.29, 0.717) is 12.8 Å². The average molecular weight is 203 g/mol. The summed E-state index contributed by atoms with van der Waals surface area (Å²) >= 11 is 0. The van der Waals surface area contributed by atoms with Crippen LogP contribution in [0.15, 0.2) is 18.2 Å². The van der Waals surface area contributed by atoms with E-state index in [-0.39, 0.29) is 5.91 Å². The number of carbonyl (C=O) groups excluding carboxylic acids is 2. The van der Waals surface area contributed by atoms with Gasteiger partial charge in [0.05, 0.1) is 0 Å². The molecule has 0 unspecified atom stereocenters. The zero-order valence-electron chi connectivity index (χ0n) is 8.45. The van der Waals surface area contributed by atoms with Crippen LogP contribution in [0.5, 0.6) is 0 Å². The monoisotopic (exact) mass is 203 g/mol. The van der Waals surface area contributed by atoms with Crippen molar-refractivity contribution in [2.24, 2.45) is 0 Å². The molecule has 0 radical (unpaired) electrons. The molecule has 0 saturated carbocycles. The molecule has 2 rings (SSSR count). The van der Waals surface area contributed by atoms with Crippen molar-refractivity contribution in [3.63, 3.8) is 0 Å². The lowest BCUT2D eigenvalue weighted by Crippen LogP contribution is -2.20. The molecular weight excluding hydrogens is 190 g/mol. The third-order valence-corrected chi connectivity index (χ3v) is 2.68. The van der Waals surface area contributed by atoms with Crippen LogP contribution in [0.4, 0.5) is 5.69 Å². The molecular formula is C12H13NO2. The highest BCUT2D eigenvalue weighted by atomic mass is 16.1. The van der Waals surface area contributed by atoms with Gasteiger partial charge in [-0.15, -0.1) is 0 Å². The van der Waals surface area contributed by atoms with Crippen molar-refractivity contribution < 1.29 is 9.59 Å². The number of nitrogens with one attached hydrogen (secondary N) is 1. The number of benzene rings is 1. The minimum Gasteiger partial charge on any atom is -0.326 e. The van der Waals surface area contributed by atoms with E-state index in [0.717, 1.165) is 24.8 Å². The molecule has 0 bridgehead atoms. The summed E-state index contributed by atoms with van der Waals surface area (Å²) < 4.78 is 0. The highest BCUT2D eigenvalue weighted by Crippen LogP contribution is 2.26. The third kappa shape index (κ3) is 2.06. The molecule has 3 heteroatoms. The fraction of sp³-hybridized carbons (Fsp3) is 0.333. The van der Waals surface area contributed by atoms with E-state index < -0.39 is 0 Å². The number of amides is 1. The van der Waals surface area contributed by atoms with E-state index in [1.54, 1.807) is 0 Å². The largest absolute Gasteiger partial charge is 0.326 e. The minimum atomic E-state index is 0.0787. The zero-order valence-corrected chi connectivity index (χ0v) is 8.45. The molecule has 1 amide bonds. The van der Waals surface area contributed by atoms with Crippen LogP contribution in [0, 0.1) is 0 Å². The van der Waals surface area contributed by atoms with Crippen LogP contribution in [0.2, 0.25) is 0 Å². The van der Waals surface area contributed by atoms with Crippen molar-refractivity contribution in [3.05, 3.63) is 29.3 Å². The number of anilines is 1. The molecule has 3 nitrogen and oxygen atoms in total. The van der Waals surface area contributed by atoms with Crippen LogP contribution in [-0.4, -0.2) is 12.2 Å². The van der Waals surface area contributed by atoms with Crippen molar-refractivity contribution in [3.8, 4) is 0 Å². The molecule has 0 aromatic heterocycles. The molecule has 15 heavy (non-hydrogen) atoms. The summed E-state index contributed by atoms with van der Waals surface area (Å²) in [5.74, 6) is 0.0787. The number of rotatable bonds is 3. The molecule has 1 aliphatic rings. The Morgan fingerprint density at radius 3 is 3.00 bits per heavy atom. The second-order valence-corrected chi connectivity index (χ2v) is 3.70. The molecule has 0 spiro atoms. The average Bonchev–Trinajstić information content (AvgIpc) is 2.25. The maximum absolute atomic E-state index is 11.2. The Morgan fingerprint density at radius 1 is 1.33 bits per heavy atom. The summed E-state index contributed by atoms with van der Waals surface area (Å²) in [7, 11) is 0. The van der Waals surface area contributed by atoms with Gasteiger partial charge in [0.2, 0.25) is 5.91 Å². The fourth-order valence-corrected chi connectivity index (χ4v) is 1.95. The van der Waals surface area contributed by atoms with Gasteiger partial charge in [-0.3, -0.25) is 4.79 Å². The predicted octanol–water partition coefficient (Wildman–Crippen LogP) is 1.70. The Kier molecular flexibility index (Phi) is 2.81. The van der Waals surface area contributed by atoms with E-state index >= 15 is 0 Å². The van der Waals surface area contributed by atoms with Crippen molar-refractivity contribution in [2.75, 3.05) is 5.32 Å². The van der Waals surface area contributed by atoms with E-state index in [4.69, 9.17) is 0 Å². The molecule has 0 saturated heterocycles. The third-order valence-electron chi connectivity index (χ3n) is 2.68. The summed E-state index contributed by atoms with van der Waals surface area (Å²) in [5, 5.41) is 2.85. The van der Waals surface area contributed by atoms with Gasteiger partial charge in [-0.25, -0.2) is 0 Å². The van der Waals surface area contributed by atoms with Crippen molar-refractivity contribution in [1.29, 1.82) is 0 Å². The second kappa shape index (κ2) is 4.26. The lowest BCUT2D eigenvalue weighted by Gasteiger charge is -2.19. The van der Waals surface area contributed by atoms with Crippen LogP contribution >= 0.6 is 0 Å². The van der Waals surface area contributed by atoms with Gasteiger partial charge < -0.3 is 10.1 Å². The van der Waals surface area contributed by atoms with E-state index in [2.05, 4.69) is 5.32 Å². The number of aldehydes is 1. The van der Waals surface area contributed by atoms with Gasteiger partial charge in [0.15, 0.2) is 0 Å². The van der Waals surface area contributed by atoms with E-state index in [1.807, 2.05) is 18.2 Å². The number of hydrogen-bond acceptors (Lipinski definition) is 2. The summed E-state index contributed by atoms with van der Waals surface area (Å²) in [6.07, 6.45) is 3.58. The van der Waals surface area contributed by atoms with Gasteiger partial charge in [-0.1, -0.05) is 12.1 Å². The lowest BCUT2D eigenvalue weighted by atomic mass is 9.95. The standard InChI is InChI=1S/C12H13NO2/c14-8-2-4-9-3-1-5-11-10(9)6-7-12(15)13-11/h1,3,5,8H,2,4,6-7H2,(H,13,15). The van der Waals surface area contributed by atoms with E-state index in [1.165, 1.54) is 11.1 Å². The van der Waals surface area contributed by atoms with Gasteiger partial charge in [0.1, 0.15) is 6.29 Å². The normalized spacial score (nSPS) is 14.3. The van der Waals surface area contributed by atoms with Crippen LogP contribution in [0.1, 0.15) is 24.0 Å². The lowest BCUT2D eigenvalue weighted by molar-refractivity contribution is -0.116. The first-order valence-electron chi connectivity index (χ1n) is 5.15. The molecule has 1 aromatic rings. The van der Waals surface area contributed by atoms with Gasteiger partial charge in [-0.05, 0) is 30.0 Å². The Labute approximate surface area is 88.5 Å². The number of aryl methyl sites for hydroxylation is 1. The van der Waals surface area contributed by atoms with Gasteiger partial charge in [0, 0.05) is 18.5 Å². The molecule has 1 N–H and O–H groups in total. The summed E-state index contributed by atoms with van der Waals surface area (Å²) in [6, 6.07) is 5.86. The van der Waals surface area contributed by atoms with Crippen molar-refractivity contribution >= 4 is 17.9 Å². The first-order valence-corrected chi connectivity index (χ1v) is 5.15. The topological polar surface area (TPSA) is 46.2 Å². The fourth-order valence-electron chi connectivity index (χ4n) is 1.95. The summed E-state index contributed by atoms with van der Waals surface area (Å²) in [5.41, 5.74) is 3.29. The Balaban J connectivity index is 2.28. The number of carbonyl (C=O) groups is 2. The molecule has 0 aliphatic carbocycles. The van der Waals surface area contributed by atoms with E-state index in [9.17, 15) is 9.59 Å². The quantitative estimate of drug-likeness (QED) is 0.760. The van der Waals surface area contributed by atoms with Gasteiger partial charge in [-0.2, -0.15) is 0 Å². The molecule has 1 heterocycles. The first-order chi connectivity index (χ1) is 7.31. The van der Waals surface area contributed by atoms with Crippen molar-refractivity contribution in [2.45, 2.75) is 25.7 Å². The Morgan fingerprint density at radius 2 is 2.20 bits per heavy atom. The molecule has 0 fully saturated rings. The zero-order chi connectivity index (χ0) is 10.7. The molecule has 1 aromatic carbocycles. The predicted molar refractivity (Wildman–Crippen MR) is 57.8 cm³/mol. The van der Waals surface area contributed by atoms with Crippen LogP contribution in [0.25, 0.3) is 0 Å². The highest BCUT2D eigenvalue weighted by molar-refractivity contribution is 5.94. The first kappa shape index (κ1) is 9.90. The van der Waals surface area contributed by atoms with Crippen molar-refractivity contribution in [1.82, 2.24) is 0 Å². The SMILES string of the molecule is O=CCCc1cccc2c1CCC(=O)N2. The summed E-state index contributed by atoms with van der Waals surface area (Å²) in [4.78, 5) is 21.5. The van der Waals surface area contributed by atoms with Gasteiger partial charge in [0.25, 0.3) is 0 Å². The second-order valence-electron chi connectivity index (χ2n) is 3.70. The van der Waals surface area contributed by atoms with Crippen LogP contribution in [0.3, 0.4) is 0 Å². The Bertz CT molecular complexity index is 399. The molecule has 1 aliphatic heterocycles. The maximum Gasteiger partial charge on any atom is 0.224 e. The number of fused-ring (bicyclic) bond motifs is 1. The highest BCUT2D eigenvalue weighted by Gasteiger charge is 2.16.